The van der Waals surface area contributed by atoms with Crippen molar-refractivity contribution in [3.8, 4) is 0 Å². The lowest BCUT2D eigenvalue weighted by atomic mass is 9.79. The van der Waals surface area contributed by atoms with Crippen LogP contribution < -0.4 is 16.0 Å². The van der Waals surface area contributed by atoms with Gasteiger partial charge >= 0.3 is 6.03 Å². The molecule has 29 heavy (non-hydrogen) atoms. The fourth-order valence-corrected chi connectivity index (χ4v) is 4.32. The number of carbonyl (C=O) groups excluding carboxylic acids is 2. The number of urea groups is 1. The van der Waals surface area contributed by atoms with E-state index in [1.54, 1.807) is 7.05 Å². The van der Waals surface area contributed by atoms with Crippen LogP contribution in [-0.4, -0.2) is 64.8 Å². The molecule has 1 aromatic heterocycles. The number of aryl methyl sites for hydroxylation is 2. The Hall–Kier alpha value is -1.85. The van der Waals surface area contributed by atoms with Crippen LogP contribution in [0.2, 0.25) is 0 Å². The number of rotatable bonds is 4. The predicted molar refractivity (Wildman–Crippen MR) is 123 cm³/mol. The van der Waals surface area contributed by atoms with E-state index in [1.165, 1.54) is 11.3 Å². The molecule has 10 heteroatoms. The van der Waals surface area contributed by atoms with E-state index in [0.29, 0.717) is 0 Å². The van der Waals surface area contributed by atoms with Gasteiger partial charge in [-0.05, 0) is 51.5 Å². The number of imide groups is 1. The summed E-state index contributed by atoms with van der Waals surface area (Å²) in [5, 5.41) is 13.1. The molecule has 2 fully saturated rings. The highest BCUT2D eigenvalue weighted by Crippen LogP contribution is 2.30. The number of aromatic nitrogens is 2. The van der Waals surface area contributed by atoms with Crippen molar-refractivity contribution in [1.82, 2.24) is 30.6 Å². The molecule has 9 nitrogen and oxygen atoms in total. The number of hydrogen-bond acceptors (Lipinski definition) is 4. The SMILES string of the molecule is CN=C(NCCc1c(C)nn(C)c1C)N1CCC(C2(C)NC(=O)NC2=O)CC1.I. The number of nitrogens with one attached hydrogen (secondary N) is 3. The van der Waals surface area contributed by atoms with Gasteiger partial charge < -0.3 is 15.5 Å². The molecule has 0 aliphatic carbocycles. The molecule has 1 atom stereocenters. The molecule has 0 aromatic carbocycles. The van der Waals surface area contributed by atoms with Crippen LogP contribution >= 0.6 is 24.0 Å². The zero-order valence-electron chi connectivity index (χ0n) is 17.8. The summed E-state index contributed by atoms with van der Waals surface area (Å²) >= 11 is 0. The summed E-state index contributed by atoms with van der Waals surface area (Å²) in [6.07, 6.45) is 2.54. The molecule has 2 aliphatic heterocycles. The predicted octanol–water partition coefficient (Wildman–Crippen LogP) is 1.08. The molecule has 0 saturated carbocycles. The Morgan fingerprint density at radius 3 is 2.45 bits per heavy atom. The van der Waals surface area contributed by atoms with E-state index in [9.17, 15) is 9.59 Å². The molecule has 162 valence electrons. The molecule has 3 heterocycles. The monoisotopic (exact) mass is 517 g/mol. The molecule has 2 saturated heterocycles. The van der Waals surface area contributed by atoms with E-state index in [2.05, 4.69) is 37.9 Å². The molecule has 1 unspecified atom stereocenters. The Morgan fingerprint density at radius 1 is 1.31 bits per heavy atom. The van der Waals surface area contributed by atoms with Crippen molar-refractivity contribution in [3.05, 3.63) is 17.0 Å². The third-order valence-electron chi connectivity index (χ3n) is 6.21. The molecule has 0 spiro atoms. The van der Waals surface area contributed by atoms with Crippen LogP contribution in [0.5, 0.6) is 0 Å². The van der Waals surface area contributed by atoms with E-state index in [0.717, 1.165) is 50.6 Å². The first kappa shape index (κ1) is 23.4. The molecule has 2 aliphatic rings. The van der Waals surface area contributed by atoms with Crippen LogP contribution in [0.15, 0.2) is 4.99 Å². The molecule has 3 N–H and O–H groups in total. The number of nitrogens with zero attached hydrogens (tertiary/aromatic N) is 4. The maximum atomic E-state index is 12.2. The van der Waals surface area contributed by atoms with Crippen molar-refractivity contribution in [2.24, 2.45) is 18.0 Å². The van der Waals surface area contributed by atoms with Gasteiger partial charge in [-0.15, -0.1) is 24.0 Å². The number of guanidine groups is 1. The first-order valence-electron chi connectivity index (χ1n) is 9.84. The third kappa shape index (κ3) is 4.67. The Kier molecular flexibility index (Phi) is 7.52. The number of hydrogen-bond donors (Lipinski definition) is 3. The average Bonchev–Trinajstić information content (AvgIpc) is 3.07. The fourth-order valence-electron chi connectivity index (χ4n) is 4.32. The van der Waals surface area contributed by atoms with E-state index < -0.39 is 11.6 Å². The summed E-state index contributed by atoms with van der Waals surface area (Å²) in [4.78, 5) is 30.3. The lowest BCUT2D eigenvalue weighted by Gasteiger charge is -2.39. The maximum absolute atomic E-state index is 12.2. The Balaban J connectivity index is 0.00000300. The first-order chi connectivity index (χ1) is 13.3. The highest BCUT2D eigenvalue weighted by atomic mass is 127. The smallest absolute Gasteiger partial charge is 0.322 e. The van der Waals surface area contributed by atoms with Gasteiger partial charge in [0.2, 0.25) is 0 Å². The summed E-state index contributed by atoms with van der Waals surface area (Å²) in [5.41, 5.74) is 2.73. The van der Waals surface area contributed by atoms with Crippen LogP contribution in [0.1, 0.15) is 36.7 Å². The van der Waals surface area contributed by atoms with Gasteiger partial charge in [0.05, 0.1) is 5.69 Å². The average molecular weight is 517 g/mol. The van der Waals surface area contributed by atoms with E-state index in [4.69, 9.17) is 0 Å². The highest BCUT2D eigenvalue weighted by molar-refractivity contribution is 14.0. The van der Waals surface area contributed by atoms with Gasteiger partial charge in [0, 0.05) is 39.4 Å². The van der Waals surface area contributed by atoms with Crippen LogP contribution in [0.25, 0.3) is 0 Å². The summed E-state index contributed by atoms with van der Waals surface area (Å²) < 4.78 is 1.92. The zero-order chi connectivity index (χ0) is 20.5. The van der Waals surface area contributed by atoms with Crippen LogP contribution in [0.4, 0.5) is 4.79 Å². The van der Waals surface area contributed by atoms with E-state index >= 15 is 0 Å². The molecule has 3 amide bonds. The number of amides is 3. The minimum atomic E-state index is -0.810. The first-order valence-corrected chi connectivity index (χ1v) is 9.84. The second-order valence-corrected chi connectivity index (χ2v) is 7.87. The van der Waals surface area contributed by atoms with Crippen molar-refractivity contribution in [2.45, 2.75) is 45.6 Å². The lowest BCUT2D eigenvalue weighted by Crippen LogP contribution is -2.55. The number of aliphatic imine (C=N–C) groups is 1. The molecule has 1 aromatic rings. The molecular weight excluding hydrogens is 485 g/mol. The Labute approximate surface area is 189 Å². The quantitative estimate of drug-likeness (QED) is 0.240. The number of piperidine rings is 1. The maximum Gasteiger partial charge on any atom is 0.322 e. The van der Waals surface area contributed by atoms with Gasteiger partial charge in [0.25, 0.3) is 5.91 Å². The van der Waals surface area contributed by atoms with E-state index in [1.807, 2.05) is 25.6 Å². The van der Waals surface area contributed by atoms with Gasteiger partial charge in [-0.1, -0.05) is 0 Å². The molecule has 3 rings (SSSR count). The van der Waals surface area contributed by atoms with Crippen LogP contribution in [-0.2, 0) is 18.3 Å². The van der Waals surface area contributed by atoms with Crippen molar-refractivity contribution in [3.63, 3.8) is 0 Å². The van der Waals surface area contributed by atoms with Crippen LogP contribution in [0, 0.1) is 19.8 Å². The molecule has 0 bridgehead atoms. The standard InChI is InChI=1S/C19H31N7O2.HI/c1-12-15(13(2)25(5)24-12)6-9-21-17(20-4)26-10-7-14(8-11-26)19(3)16(27)22-18(28)23-19;/h14H,6-11H2,1-5H3,(H,20,21)(H2,22,23,27,28);1H. The number of likely N-dealkylation sites (tertiary alicyclic amines) is 1. The lowest BCUT2D eigenvalue weighted by molar-refractivity contribution is -0.125. The van der Waals surface area contributed by atoms with Crippen molar-refractivity contribution >= 4 is 41.9 Å². The van der Waals surface area contributed by atoms with Gasteiger partial charge in [0.1, 0.15) is 5.54 Å². The zero-order valence-corrected chi connectivity index (χ0v) is 20.2. The highest BCUT2D eigenvalue weighted by Gasteiger charge is 2.48. The van der Waals surface area contributed by atoms with Crippen molar-refractivity contribution in [2.75, 3.05) is 26.7 Å². The minimum absolute atomic E-state index is 0. The Bertz CT molecular complexity index is 799. The topological polar surface area (TPSA) is 104 Å². The largest absolute Gasteiger partial charge is 0.356 e. The molecular formula is C19H32IN7O2. The van der Waals surface area contributed by atoms with Gasteiger partial charge in [0.15, 0.2) is 5.96 Å². The number of carbonyl (C=O) groups is 2. The summed E-state index contributed by atoms with van der Waals surface area (Å²) in [6.45, 7) is 8.34. The van der Waals surface area contributed by atoms with Crippen molar-refractivity contribution in [1.29, 1.82) is 0 Å². The summed E-state index contributed by atoms with van der Waals surface area (Å²) in [7, 11) is 3.76. The normalized spacial score (nSPS) is 22.9. The van der Waals surface area contributed by atoms with Gasteiger partial charge in [-0.2, -0.15) is 5.10 Å². The Morgan fingerprint density at radius 2 is 1.97 bits per heavy atom. The second-order valence-electron chi connectivity index (χ2n) is 7.87. The second kappa shape index (κ2) is 9.31. The summed E-state index contributed by atoms with van der Waals surface area (Å²) in [6, 6.07) is -0.395. The third-order valence-corrected chi connectivity index (χ3v) is 6.21. The number of halogens is 1. The van der Waals surface area contributed by atoms with Crippen LogP contribution in [0.3, 0.4) is 0 Å². The van der Waals surface area contributed by atoms with Crippen molar-refractivity contribution < 1.29 is 9.59 Å². The molecule has 0 radical (unpaired) electrons. The van der Waals surface area contributed by atoms with E-state index in [-0.39, 0.29) is 35.8 Å². The fraction of sp³-hybridized carbons (Fsp3) is 0.684. The van der Waals surface area contributed by atoms with Gasteiger partial charge in [-0.25, -0.2) is 4.79 Å². The summed E-state index contributed by atoms with van der Waals surface area (Å²) in [5.74, 6) is 0.775. The minimum Gasteiger partial charge on any atom is -0.356 e. The van der Waals surface area contributed by atoms with Gasteiger partial charge in [-0.3, -0.25) is 19.8 Å².